The average molecular weight is 219 g/mol. The number of hydrogen-bond donors (Lipinski definition) is 1. The highest BCUT2D eigenvalue weighted by Crippen LogP contribution is 2.33. The smallest absolute Gasteiger partial charge is 0.125 e. The zero-order valence-corrected chi connectivity index (χ0v) is 10.4. The van der Waals surface area contributed by atoms with Gasteiger partial charge in [0.25, 0.3) is 0 Å². The quantitative estimate of drug-likeness (QED) is 0.847. The van der Waals surface area contributed by atoms with E-state index in [0.29, 0.717) is 12.1 Å². The molecule has 1 fully saturated rings. The van der Waals surface area contributed by atoms with Gasteiger partial charge in [0, 0.05) is 25.3 Å². The van der Waals surface area contributed by atoms with Crippen molar-refractivity contribution in [1.29, 1.82) is 0 Å². The second-order valence-corrected chi connectivity index (χ2v) is 4.72. The number of nitrogens with one attached hydrogen (secondary N) is 1. The fourth-order valence-corrected chi connectivity index (χ4v) is 2.52. The van der Waals surface area contributed by atoms with Gasteiger partial charge in [0.2, 0.25) is 0 Å². The lowest BCUT2D eigenvalue weighted by Crippen LogP contribution is -2.30. The first kappa shape index (κ1) is 11.4. The molecule has 1 saturated heterocycles. The minimum Gasteiger partial charge on any atom is -0.373 e. The molecule has 0 radical (unpaired) electrons. The molecule has 0 amide bonds. The number of rotatable bonds is 3. The zero-order chi connectivity index (χ0) is 11.5. The first-order chi connectivity index (χ1) is 7.72. The summed E-state index contributed by atoms with van der Waals surface area (Å²) >= 11 is 0. The van der Waals surface area contributed by atoms with Crippen LogP contribution in [0.25, 0.3) is 0 Å². The number of aromatic nitrogens is 1. The van der Waals surface area contributed by atoms with Crippen LogP contribution in [0.15, 0.2) is 18.3 Å². The van der Waals surface area contributed by atoms with Crippen LogP contribution in [0.3, 0.4) is 0 Å². The molecule has 1 unspecified atom stereocenters. The Labute approximate surface area is 97.9 Å². The van der Waals surface area contributed by atoms with E-state index in [0.717, 1.165) is 5.82 Å². The third-order valence-electron chi connectivity index (χ3n) is 3.38. The van der Waals surface area contributed by atoms with Crippen LogP contribution in [0.1, 0.15) is 38.3 Å². The van der Waals surface area contributed by atoms with Crippen molar-refractivity contribution < 1.29 is 0 Å². The van der Waals surface area contributed by atoms with E-state index >= 15 is 0 Å². The first-order valence-corrected chi connectivity index (χ1v) is 6.12. The van der Waals surface area contributed by atoms with Crippen LogP contribution < -0.4 is 5.32 Å². The van der Waals surface area contributed by atoms with Gasteiger partial charge in [-0.25, -0.2) is 4.98 Å². The summed E-state index contributed by atoms with van der Waals surface area (Å²) in [6.45, 7) is 5.76. The highest BCUT2D eigenvalue weighted by Gasteiger charge is 2.27. The fourth-order valence-electron chi connectivity index (χ4n) is 2.52. The van der Waals surface area contributed by atoms with E-state index in [2.05, 4.69) is 41.2 Å². The molecule has 1 aromatic rings. The van der Waals surface area contributed by atoms with Gasteiger partial charge in [0.05, 0.1) is 0 Å². The Morgan fingerprint density at radius 3 is 2.81 bits per heavy atom. The second-order valence-electron chi connectivity index (χ2n) is 4.72. The van der Waals surface area contributed by atoms with Crippen LogP contribution in [0.5, 0.6) is 0 Å². The molecule has 2 rings (SSSR count). The highest BCUT2D eigenvalue weighted by molar-refractivity contribution is 5.35. The Balaban J connectivity index is 2.16. The van der Waals surface area contributed by atoms with Crippen molar-refractivity contribution in [2.24, 2.45) is 0 Å². The molecule has 0 bridgehead atoms. The van der Waals surface area contributed by atoms with Gasteiger partial charge in [0.15, 0.2) is 0 Å². The molecule has 0 saturated carbocycles. The highest BCUT2D eigenvalue weighted by atomic mass is 15.2. The Hall–Kier alpha value is -1.09. The van der Waals surface area contributed by atoms with Crippen molar-refractivity contribution in [3.8, 4) is 0 Å². The SMILES string of the molecule is CNc1ccc(C2CCCN2C(C)C)cn1. The van der Waals surface area contributed by atoms with Gasteiger partial charge in [-0.3, -0.25) is 4.90 Å². The molecule has 2 heterocycles. The molecule has 16 heavy (non-hydrogen) atoms. The lowest BCUT2D eigenvalue weighted by molar-refractivity contribution is 0.205. The van der Waals surface area contributed by atoms with Crippen molar-refractivity contribution >= 4 is 5.82 Å². The predicted molar refractivity (Wildman–Crippen MR) is 67.6 cm³/mol. The van der Waals surface area contributed by atoms with E-state index < -0.39 is 0 Å². The van der Waals surface area contributed by atoms with Crippen molar-refractivity contribution in [2.75, 3.05) is 18.9 Å². The summed E-state index contributed by atoms with van der Waals surface area (Å²) < 4.78 is 0. The summed E-state index contributed by atoms with van der Waals surface area (Å²) in [7, 11) is 1.90. The van der Waals surface area contributed by atoms with Crippen molar-refractivity contribution in [3.05, 3.63) is 23.9 Å². The number of anilines is 1. The lowest BCUT2D eigenvalue weighted by Gasteiger charge is -2.28. The van der Waals surface area contributed by atoms with Crippen molar-refractivity contribution in [2.45, 2.75) is 38.8 Å². The number of hydrogen-bond acceptors (Lipinski definition) is 3. The molecule has 1 aliphatic heterocycles. The minimum absolute atomic E-state index is 0.568. The maximum atomic E-state index is 4.40. The molecule has 1 N–H and O–H groups in total. The summed E-state index contributed by atoms with van der Waals surface area (Å²) in [6, 6.07) is 5.45. The van der Waals surface area contributed by atoms with E-state index in [1.807, 2.05) is 13.2 Å². The predicted octanol–water partition coefficient (Wildman–Crippen LogP) is 2.67. The van der Waals surface area contributed by atoms with Crippen LogP contribution in [-0.4, -0.2) is 29.5 Å². The Morgan fingerprint density at radius 2 is 2.25 bits per heavy atom. The van der Waals surface area contributed by atoms with Gasteiger partial charge in [-0.15, -0.1) is 0 Å². The van der Waals surface area contributed by atoms with Crippen molar-refractivity contribution in [1.82, 2.24) is 9.88 Å². The summed E-state index contributed by atoms with van der Waals surface area (Å²) in [5.41, 5.74) is 1.35. The fraction of sp³-hybridized carbons (Fsp3) is 0.615. The Morgan fingerprint density at radius 1 is 1.44 bits per heavy atom. The molecule has 88 valence electrons. The third kappa shape index (κ3) is 2.19. The maximum Gasteiger partial charge on any atom is 0.125 e. The number of pyridine rings is 1. The van der Waals surface area contributed by atoms with E-state index in [4.69, 9.17) is 0 Å². The van der Waals surface area contributed by atoms with Crippen LogP contribution >= 0.6 is 0 Å². The molecule has 1 atom stereocenters. The van der Waals surface area contributed by atoms with Gasteiger partial charge in [-0.05, 0) is 44.9 Å². The summed E-state index contributed by atoms with van der Waals surface area (Å²) in [4.78, 5) is 6.96. The third-order valence-corrected chi connectivity index (χ3v) is 3.38. The Bertz CT molecular complexity index is 332. The van der Waals surface area contributed by atoms with E-state index in [1.165, 1.54) is 24.9 Å². The van der Waals surface area contributed by atoms with Crippen LogP contribution in [0.2, 0.25) is 0 Å². The molecule has 3 nitrogen and oxygen atoms in total. The van der Waals surface area contributed by atoms with Gasteiger partial charge in [0.1, 0.15) is 5.82 Å². The summed E-state index contributed by atoms with van der Waals surface area (Å²) in [6.07, 6.45) is 4.58. The van der Waals surface area contributed by atoms with E-state index in [1.54, 1.807) is 0 Å². The standard InChI is InChI=1S/C13H21N3/c1-10(2)16-8-4-5-12(16)11-6-7-13(14-3)15-9-11/h6-7,9-10,12H,4-5,8H2,1-3H3,(H,14,15). The molecule has 0 aliphatic carbocycles. The molecule has 0 aromatic carbocycles. The molecular weight excluding hydrogens is 198 g/mol. The Kier molecular flexibility index (Phi) is 3.44. The van der Waals surface area contributed by atoms with Gasteiger partial charge >= 0.3 is 0 Å². The van der Waals surface area contributed by atoms with Gasteiger partial charge in [-0.2, -0.15) is 0 Å². The molecule has 0 spiro atoms. The van der Waals surface area contributed by atoms with E-state index in [-0.39, 0.29) is 0 Å². The van der Waals surface area contributed by atoms with Gasteiger partial charge in [-0.1, -0.05) is 6.07 Å². The second kappa shape index (κ2) is 4.83. The molecular formula is C13H21N3. The lowest BCUT2D eigenvalue weighted by atomic mass is 10.1. The van der Waals surface area contributed by atoms with Crippen LogP contribution in [0.4, 0.5) is 5.82 Å². The maximum absolute atomic E-state index is 4.40. The molecule has 3 heteroatoms. The van der Waals surface area contributed by atoms with E-state index in [9.17, 15) is 0 Å². The molecule has 1 aromatic heterocycles. The van der Waals surface area contributed by atoms with Crippen molar-refractivity contribution in [3.63, 3.8) is 0 Å². The van der Waals surface area contributed by atoms with Crippen LogP contribution in [-0.2, 0) is 0 Å². The van der Waals surface area contributed by atoms with Gasteiger partial charge < -0.3 is 5.32 Å². The van der Waals surface area contributed by atoms with Crippen LogP contribution in [0, 0.1) is 0 Å². The normalized spacial score (nSPS) is 21.6. The monoisotopic (exact) mass is 219 g/mol. The topological polar surface area (TPSA) is 28.2 Å². The molecule has 1 aliphatic rings. The largest absolute Gasteiger partial charge is 0.373 e. The summed E-state index contributed by atoms with van der Waals surface area (Å²) in [5, 5.41) is 3.05. The average Bonchev–Trinajstić information content (AvgIpc) is 2.78. The minimum atomic E-state index is 0.568. The number of nitrogens with zero attached hydrogens (tertiary/aromatic N) is 2. The zero-order valence-electron chi connectivity index (χ0n) is 10.4. The summed E-state index contributed by atoms with van der Waals surface area (Å²) in [5.74, 6) is 0.942. The number of likely N-dealkylation sites (tertiary alicyclic amines) is 1. The first-order valence-electron chi connectivity index (χ1n) is 6.12.